The molecule has 0 radical (unpaired) electrons. The molecule has 4 unspecified atom stereocenters. The highest BCUT2D eigenvalue weighted by molar-refractivity contribution is 6.61. The van der Waals surface area contributed by atoms with Crippen LogP contribution in [0.3, 0.4) is 0 Å². The van der Waals surface area contributed by atoms with E-state index in [1.54, 1.807) is 14.2 Å². The number of methoxy groups -OCH3 is 2. The van der Waals surface area contributed by atoms with E-state index in [-0.39, 0.29) is 30.8 Å². The van der Waals surface area contributed by atoms with Crippen molar-refractivity contribution in [1.82, 2.24) is 0 Å². The largest absolute Gasteiger partial charge is 0.497 e. The first-order valence-electron chi connectivity index (χ1n) is 8.51. The Morgan fingerprint density at radius 2 is 1.96 bits per heavy atom. The van der Waals surface area contributed by atoms with Gasteiger partial charge in [-0.1, -0.05) is 36.4 Å². The second-order valence-electron chi connectivity index (χ2n) is 7.03. The molecular formula is C19H23BO4. The van der Waals surface area contributed by atoms with Crippen LogP contribution in [0, 0.1) is 5.92 Å². The van der Waals surface area contributed by atoms with Crippen LogP contribution < -0.4 is 5.46 Å². The van der Waals surface area contributed by atoms with E-state index in [9.17, 15) is 0 Å². The van der Waals surface area contributed by atoms with E-state index >= 15 is 0 Å². The summed E-state index contributed by atoms with van der Waals surface area (Å²) in [5.41, 5.74) is 2.05. The number of hydrogen-bond acceptors (Lipinski definition) is 4. The van der Waals surface area contributed by atoms with Crippen molar-refractivity contribution in [2.45, 2.75) is 37.6 Å². The van der Waals surface area contributed by atoms with Gasteiger partial charge in [0.15, 0.2) is 0 Å². The Hall–Kier alpha value is -1.56. The predicted octanol–water partition coefficient (Wildman–Crippen LogP) is 2.45. The molecule has 0 aromatic heterocycles. The van der Waals surface area contributed by atoms with Crippen LogP contribution in [0.1, 0.15) is 19.8 Å². The summed E-state index contributed by atoms with van der Waals surface area (Å²) in [5.74, 6) is 1.14. The maximum Gasteiger partial charge on any atom is 0.494 e. The van der Waals surface area contributed by atoms with Gasteiger partial charge in [-0.25, -0.2) is 0 Å². The second kappa shape index (κ2) is 6.06. The molecule has 4 nitrogen and oxygen atoms in total. The van der Waals surface area contributed by atoms with Gasteiger partial charge in [0.05, 0.1) is 24.9 Å². The Bertz CT molecular complexity index is 671. The molecule has 3 aliphatic rings. The smallest absolute Gasteiger partial charge is 0.494 e. The zero-order valence-electron chi connectivity index (χ0n) is 14.4. The van der Waals surface area contributed by atoms with Gasteiger partial charge in [0.25, 0.3) is 0 Å². The van der Waals surface area contributed by atoms with Crippen molar-refractivity contribution in [1.29, 1.82) is 0 Å². The molecule has 0 amide bonds. The maximum absolute atomic E-state index is 6.38. The molecule has 0 N–H and O–H groups in total. The standard InChI is InChI=1S/C19H23BO4/c1-19-11-14-15(21-2)9-10-16(22-3)18(14)17(12-19)23-20(24-19)13-7-5-4-6-8-13/h4-10,14-15,17H,11-12H2,1-3H3. The first kappa shape index (κ1) is 15.9. The molecule has 2 bridgehead atoms. The summed E-state index contributed by atoms with van der Waals surface area (Å²) >= 11 is 0. The van der Waals surface area contributed by atoms with Crippen LogP contribution in [0.25, 0.3) is 0 Å². The van der Waals surface area contributed by atoms with Crippen LogP contribution in [-0.4, -0.2) is 39.1 Å². The lowest BCUT2D eigenvalue weighted by Crippen LogP contribution is -2.59. The van der Waals surface area contributed by atoms with Gasteiger partial charge in [-0.05, 0) is 24.9 Å². The molecule has 2 fully saturated rings. The number of hydrogen-bond donors (Lipinski definition) is 0. The average Bonchev–Trinajstić information content (AvgIpc) is 2.60. The number of allylic oxidation sites excluding steroid dienone is 1. The van der Waals surface area contributed by atoms with Gasteiger partial charge in [-0.15, -0.1) is 0 Å². The average molecular weight is 326 g/mol. The van der Waals surface area contributed by atoms with E-state index in [1.165, 1.54) is 5.57 Å². The Morgan fingerprint density at radius 1 is 1.17 bits per heavy atom. The fourth-order valence-corrected chi connectivity index (χ4v) is 4.29. The molecule has 1 heterocycles. The normalized spacial score (nSPS) is 35.0. The van der Waals surface area contributed by atoms with Crippen molar-refractivity contribution in [2.24, 2.45) is 5.92 Å². The molecule has 1 aromatic carbocycles. The molecular weight excluding hydrogens is 303 g/mol. The Kier molecular flexibility index (Phi) is 4.03. The van der Waals surface area contributed by atoms with Crippen molar-refractivity contribution < 1.29 is 18.8 Å². The Labute approximate surface area is 143 Å². The van der Waals surface area contributed by atoms with Crippen molar-refractivity contribution in [3.8, 4) is 0 Å². The molecule has 126 valence electrons. The van der Waals surface area contributed by atoms with E-state index < -0.39 is 0 Å². The fraction of sp³-hybridized carbons (Fsp3) is 0.474. The minimum absolute atomic E-state index is 0.00902. The zero-order valence-corrected chi connectivity index (χ0v) is 14.4. The number of rotatable bonds is 3. The van der Waals surface area contributed by atoms with Gasteiger partial charge >= 0.3 is 7.12 Å². The quantitative estimate of drug-likeness (QED) is 0.800. The minimum Gasteiger partial charge on any atom is -0.497 e. The lowest BCUT2D eigenvalue weighted by Gasteiger charge is -2.51. The maximum atomic E-state index is 6.38. The molecule has 0 spiro atoms. The van der Waals surface area contributed by atoms with Gasteiger partial charge in [0.2, 0.25) is 0 Å². The van der Waals surface area contributed by atoms with Crippen LogP contribution >= 0.6 is 0 Å². The SMILES string of the molecule is COC1=C2C3CC(C)(CC2C(OC)C=C1)OB(c1ccccc1)O3. The molecule has 4 atom stereocenters. The second-order valence-corrected chi connectivity index (χ2v) is 7.03. The monoisotopic (exact) mass is 326 g/mol. The van der Waals surface area contributed by atoms with Crippen LogP contribution in [0.2, 0.25) is 0 Å². The topological polar surface area (TPSA) is 36.9 Å². The molecule has 24 heavy (non-hydrogen) atoms. The van der Waals surface area contributed by atoms with Crippen LogP contribution in [0.4, 0.5) is 0 Å². The Morgan fingerprint density at radius 3 is 2.67 bits per heavy atom. The van der Waals surface area contributed by atoms with Gasteiger partial charge in [-0.3, -0.25) is 0 Å². The molecule has 4 rings (SSSR count). The molecule has 5 heteroatoms. The molecule has 1 saturated heterocycles. The van der Waals surface area contributed by atoms with Gasteiger partial charge < -0.3 is 18.8 Å². The van der Waals surface area contributed by atoms with Gasteiger partial charge in [0.1, 0.15) is 5.76 Å². The van der Waals surface area contributed by atoms with Crippen LogP contribution in [-0.2, 0) is 18.8 Å². The van der Waals surface area contributed by atoms with Crippen LogP contribution in [0.15, 0.2) is 53.8 Å². The van der Waals surface area contributed by atoms with Gasteiger partial charge in [-0.2, -0.15) is 0 Å². The highest BCUT2D eigenvalue weighted by Crippen LogP contribution is 2.48. The van der Waals surface area contributed by atoms with Crippen LogP contribution in [0.5, 0.6) is 0 Å². The highest BCUT2D eigenvalue weighted by Gasteiger charge is 2.52. The summed E-state index contributed by atoms with van der Waals surface area (Å²) in [6.45, 7) is 2.19. The van der Waals surface area contributed by atoms with Crippen molar-refractivity contribution >= 4 is 12.6 Å². The number of benzene rings is 1. The number of fused-ring (bicyclic) bond motifs is 4. The lowest BCUT2D eigenvalue weighted by molar-refractivity contribution is -0.0832. The van der Waals surface area contributed by atoms with Crippen molar-refractivity contribution in [3.05, 3.63) is 53.8 Å². The highest BCUT2D eigenvalue weighted by atomic mass is 16.6. The number of ether oxygens (including phenoxy) is 2. The summed E-state index contributed by atoms with van der Waals surface area (Å²) in [6.07, 6.45) is 5.87. The predicted molar refractivity (Wildman–Crippen MR) is 92.9 cm³/mol. The zero-order chi connectivity index (χ0) is 16.7. The van der Waals surface area contributed by atoms with E-state index in [4.69, 9.17) is 18.8 Å². The minimum atomic E-state index is -0.339. The van der Waals surface area contributed by atoms with E-state index in [0.717, 1.165) is 24.1 Å². The third-order valence-corrected chi connectivity index (χ3v) is 5.38. The molecule has 1 saturated carbocycles. The first-order chi connectivity index (χ1) is 11.6. The molecule has 2 aliphatic carbocycles. The third kappa shape index (κ3) is 2.61. The van der Waals surface area contributed by atoms with E-state index in [2.05, 4.69) is 25.1 Å². The van der Waals surface area contributed by atoms with E-state index in [0.29, 0.717) is 0 Å². The summed E-state index contributed by atoms with van der Waals surface area (Å²) in [4.78, 5) is 0. The molecule has 1 aromatic rings. The summed E-state index contributed by atoms with van der Waals surface area (Å²) in [7, 11) is 3.14. The first-order valence-corrected chi connectivity index (χ1v) is 8.51. The van der Waals surface area contributed by atoms with Crippen molar-refractivity contribution in [3.63, 3.8) is 0 Å². The fourth-order valence-electron chi connectivity index (χ4n) is 4.29. The summed E-state index contributed by atoms with van der Waals surface area (Å²) < 4.78 is 24.1. The Balaban J connectivity index is 1.71. The molecule has 1 aliphatic heterocycles. The van der Waals surface area contributed by atoms with E-state index in [1.807, 2.05) is 24.3 Å². The summed E-state index contributed by atoms with van der Waals surface area (Å²) in [6, 6.07) is 10.1. The van der Waals surface area contributed by atoms with Crippen molar-refractivity contribution in [2.75, 3.05) is 14.2 Å². The summed E-state index contributed by atoms with van der Waals surface area (Å²) in [5, 5.41) is 0. The third-order valence-electron chi connectivity index (χ3n) is 5.38. The lowest BCUT2D eigenvalue weighted by atomic mass is 9.65. The van der Waals surface area contributed by atoms with Gasteiger partial charge in [0, 0.05) is 25.0 Å².